The molecule has 5 heteroatoms. The van der Waals surface area contributed by atoms with E-state index < -0.39 is 0 Å². The highest BCUT2D eigenvalue weighted by molar-refractivity contribution is 5.17. The van der Waals surface area contributed by atoms with Crippen LogP contribution in [0.25, 0.3) is 0 Å². The van der Waals surface area contributed by atoms with Crippen molar-refractivity contribution in [3.8, 4) is 0 Å². The van der Waals surface area contributed by atoms with Gasteiger partial charge in [0.1, 0.15) is 5.82 Å². The molecule has 20 heavy (non-hydrogen) atoms. The second kappa shape index (κ2) is 5.47. The van der Waals surface area contributed by atoms with Gasteiger partial charge in [-0.2, -0.15) is 0 Å². The maximum atomic E-state index is 5.47. The Kier molecular flexibility index (Phi) is 3.84. The maximum absolute atomic E-state index is 5.47. The van der Waals surface area contributed by atoms with E-state index >= 15 is 0 Å². The Bertz CT molecular complexity index is 462. The van der Waals surface area contributed by atoms with Crippen LogP contribution in [0.15, 0.2) is 0 Å². The smallest absolute Gasteiger partial charge is 0.103 e. The number of nitrogens with one attached hydrogen (secondary N) is 1. The Labute approximate surface area is 121 Å². The van der Waals surface area contributed by atoms with Crippen molar-refractivity contribution in [2.75, 3.05) is 39.4 Å². The second-order valence-electron chi connectivity index (χ2n) is 6.62. The molecule has 2 aliphatic heterocycles. The number of H-pyrrole nitrogens is 1. The highest BCUT2D eigenvalue weighted by Gasteiger charge is 2.31. The summed E-state index contributed by atoms with van der Waals surface area (Å²) >= 11 is 0. The SMILES string of the molecule is Cc1nc2c([nH]1)CN(CC(C)(C)N1CCOCC1)CC2. The molecule has 0 spiro atoms. The largest absolute Gasteiger partial charge is 0.379 e. The zero-order valence-corrected chi connectivity index (χ0v) is 12.9. The van der Waals surface area contributed by atoms with Gasteiger partial charge in [0.05, 0.1) is 24.6 Å². The molecule has 1 aromatic rings. The number of rotatable bonds is 3. The van der Waals surface area contributed by atoms with Crippen LogP contribution in [0.4, 0.5) is 0 Å². The van der Waals surface area contributed by atoms with Crippen LogP contribution in [0.2, 0.25) is 0 Å². The minimum atomic E-state index is 0.205. The molecule has 2 aliphatic rings. The second-order valence-corrected chi connectivity index (χ2v) is 6.62. The molecular weight excluding hydrogens is 252 g/mol. The molecule has 0 atom stereocenters. The quantitative estimate of drug-likeness (QED) is 0.902. The van der Waals surface area contributed by atoms with Gasteiger partial charge in [0.25, 0.3) is 0 Å². The Balaban J connectivity index is 1.63. The fraction of sp³-hybridized carbons (Fsp3) is 0.800. The number of fused-ring (bicyclic) bond motifs is 1. The summed E-state index contributed by atoms with van der Waals surface area (Å²) < 4.78 is 5.47. The van der Waals surface area contributed by atoms with Crippen molar-refractivity contribution >= 4 is 0 Å². The molecule has 0 saturated carbocycles. The molecule has 3 rings (SSSR count). The maximum Gasteiger partial charge on any atom is 0.103 e. The number of aromatic amines is 1. The van der Waals surface area contributed by atoms with E-state index in [1.165, 1.54) is 11.4 Å². The van der Waals surface area contributed by atoms with Crippen LogP contribution >= 0.6 is 0 Å². The Hall–Kier alpha value is -0.910. The number of nitrogens with zero attached hydrogens (tertiary/aromatic N) is 3. The third kappa shape index (κ3) is 2.90. The highest BCUT2D eigenvalue weighted by atomic mass is 16.5. The first-order valence-electron chi connectivity index (χ1n) is 7.64. The normalized spacial score (nSPS) is 21.9. The van der Waals surface area contributed by atoms with Gasteiger partial charge in [0, 0.05) is 44.7 Å². The van der Waals surface area contributed by atoms with E-state index in [0.717, 1.165) is 58.2 Å². The lowest BCUT2D eigenvalue weighted by Gasteiger charge is -2.44. The summed E-state index contributed by atoms with van der Waals surface area (Å²) in [7, 11) is 0. The standard InChI is InChI=1S/C15H26N4O/c1-12-16-13-4-5-18(10-14(13)17-12)11-15(2,3)19-6-8-20-9-7-19/h4-11H2,1-3H3,(H,16,17). The third-order valence-electron chi connectivity index (χ3n) is 4.51. The molecule has 0 aromatic carbocycles. The summed E-state index contributed by atoms with van der Waals surface area (Å²) in [6, 6.07) is 0. The van der Waals surface area contributed by atoms with Crippen LogP contribution in [-0.4, -0.2) is 64.7 Å². The lowest BCUT2D eigenvalue weighted by molar-refractivity contribution is -0.0232. The van der Waals surface area contributed by atoms with Crippen molar-refractivity contribution in [3.63, 3.8) is 0 Å². The van der Waals surface area contributed by atoms with Gasteiger partial charge in [-0.1, -0.05) is 0 Å². The molecule has 112 valence electrons. The third-order valence-corrected chi connectivity index (χ3v) is 4.51. The van der Waals surface area contributed by atoms with Crippen LogP contribution < -0.4 is 0 Å². The van der Waals surface area contributed by atoms with Gasteiger partial charge in [-0.3, -0.25) is 9.80 Å². The summed E-state index contributed by atoms with van der Waals surface area (Å²) in [5.74, 6) is 1.05. The monoisotopic (exact) mass is 278 g/mol. The number of imidazole rings is 1. The van der Waals surface area contributed by atoms with Crippen LogP contribution in [0, 0.1) is 6.92 Å². The first-order chi connectivity index (χ1) is 9.54. The number of morpholine rings is 1. The van der Waals surface area contributed by atoms with Gasteiger partial charge < -0.3 is 9.72 Å². The molecule has 3 heterocycles. The number of aryl methyl sites for hydroxylation is 1. The molecule has 0 aliphatic carbocycles. The van der Waals surface area contributed by atoms with E-state index in [2.05, 4.69) is 33.6 Å². The predicted octanol–water partition coefficient (Wildman–Crippen LogP) is 1.19. The van der Waals surface area contributed by atoms with Crippen molar-refractivity contribution in [1.29, 1.82) is 0 Å². The number of aromatic nitrogens is 2. The van der Waals surface area contributed by atoms with E-state index in [4.69, 9.17) is 4.74 Å². The van der Waals surface area contributed by atoms with Crippen LogP contribution in [-0.2, 0) is 17.7 Å². The molecule has 1 N–H and O–H groups in total. The summed E-state index contributed by atoms with van der Waals surface area (Å²) in [6.07, 6.45) is 1.07. The zero-order chi connectivity index (χ0) is 14.2. The molecule has 1 fully saturated rings. The lowest BCUT2D eigenvalue weighted by atomic mass is 9.99. The van der Waals surface area contributed by atoms with Crippen molar-refractivity contribution in [3.05, 3.63) is 17.2 Å². The van der Waals surface area contributed by atoms with E-state index in [1.807, 2.05) is 6.92 Å². The molecule has 1 saturated heterocycles. The average Bonchev–Trinajstić information content (AvgIpc) is 2.79. The molecule has 5 nitrogen and oxygen atoms in total. The van der Waals surface area contributed by atoms with Crippen molar-refractivity contribution in [2.45, 2.75) is 39.3 Å². The Morgan fingerprint density at radius 2 is 2.00 bits per heavy atom. The van der Waals surface area contributed by atoms with E-state index in [-0.39, 0.29) is 5.54 Å². The molecule has 0 bridgehead atoms. The van der Waals surface area contributed by atoms with Crippen LogP contribution in [0.3, 0.4) is 0 Å². The minimum absolute atomic E-state index is 0.205. The topological polar surface area (TPSA) is 44.4 Å². The van der Waals surface area contributed by atoms with E-state index in [9.17, 15) is 0 Å². The van der Waals surface area contributed by atoms with Gasteiger partial charge in [0.15, 0.2) is 0 Å². The van der Waals surface area contributed by atoms with Gasteiger partial charge in [-0.25, -0.2) is 4.98 Å². The first-order valence-corrected chi connectivity index (χ1v) is 7.64. The zero-order valence-electron chi connectivity index (χ0n) is 12.9. The summed E-state index contributed by atoms with van der Waals surface area (Å²) in [5.41, 5.74) is 2.78. The fourth-order valence-corrected chi connectivity index (χ4v) is 3.44. The van der Waals surface area contributed by atoms with Gasteiger partial charge in [-0.15, -0.1) is 0 Å². The van der Waals surface area contributed by atoms with Crippen LogP contribution in [0.5, 0.6) is 0 Å². The average molecular weight is 278 g/mol. The summed E-state index contributed by atoms with van der Waals surface area (Å²) in [6.45, 7) is 13.8. The Morgan fingerprint density at radius 1 is 1.25 bits per heavy atom. The van der Waals surface area contributed by atoms with Gasteiger partial charge in [0.2, 0.25) is 0 Å². The summed E-state index contributed by atoms with van der Waals surface area (Å²) in [5, 5.41) is 0. The van der Waals surface area contributed by atoms with Crippen molar-refractivity contribution in [2.24, 2.45) is 0 Å². The van der Waals surface area contributed by atoms with E-state index in [1.54, 1.807) is 0 Å². The number of hydrogen-bond acceptors (Lipinski definition) is 4. The van der Waals surface area contributed by atoms with E-state index in [0.29, 0.717) is 0 Å². The molecule has 0 radical (unpaired) electrons. The Morgan fingerprint density at radius 3 is 2.75 bits per heavy atom. The molecule has 0 unspecified atom stereocenters. The van der Waals surface area contributed by atoms with Crippen LogP contribution in [0.1, 0.15) is 31.1 Å². The van der Waals surface area contributed by atoms with Gasteiger partial charge >= 0.3 is 0 Å². The summed E-state index contributed by atoms with van der Waals surface area (Å²) in [4.78, 5) is 13.1. The highest BCUT2D eigenvalue weighted by Crippen LogP contribution is 2.22. The number of ether oxygens (including phenoxy) is 1. The lowest BCUT2D eigenvalue weighted by Crippen LogP contribution is -2.55. The predicted molar refractivity (Wildman–Crippen MR) is 78.8 cm³/mol. The van der Waals surface area contributed by atoms with Crippen molar-refractivity contribution in [1.82, 2.24) is 19.8 Å². The van der Waals surface area contributed by atoms with Gasteiger partial charge in [-0.05, 0) is 20.8 Å². The fourth-order valence-electron chi connectivity index (χ4n) is 3.44. The first kappa shape index (κ1) is 14.0. The molecular formula is C15H26N4O. The van der Waals surface area contributed by atoms with Crippen molar-refractivity contribution < 1.29 is 4.74 Å². The minimum Gasteiger partial charge on any atom is -0.379 e. The molecule has 0 amide bonds. The molecule has 1 aromatic heterocycles. The number of hydrogen-bond donors (Lipinski definition) is 1.